The lowest BCUT2D eigenvalue weighted by molar-refractivity contribution is 0.0986. The summed E-state index contributed by atoms with van der Waals surface area (Å²) in [6.07, 6.45) is 2.53. The third kappa shape index (κ3) is 5.28. The van der Waals surface area contributed by atoms with Crippen molar-refractivity contribution < 1.29 is 13.2 Å². The van der Waals surface area contributed by atoms with Crippen LogP contribution in [0.4, 0.5) is 5.13 Å². The molecule has 0 saturated carbocycles. The highest BCUT2D eigenvalue weighted by atomic mass is 35.5. The second-order valence-electron chi connectivity index (χ2n) is 8.82. The van der Waals surface area contributed by atoms with Crippen molar-refractivity contribution in [2.24, 2.45) is 0 Å². The molecule has 0 radical (unpaired) electrons. The molecular formula is C24H29ClN4O3S2. The van der Waals surface area contributed by atoms with Crippen molar-refractivity contribution in [2.75, 3.05) is 45.2 Å². The van der Waals surface area contributed by atoms with Crippen LogP contribution in [0.2, 0.25) is 5.02 Å². The van der Waals surface area contributed by atoms with E-state index in [0.29, 0.717) is 35.4 Å². The molecule has 2 aromatic carbocycles. The molecule has 10 heteroatoms. The van der Waals surface area contributed by atoms with Gasteiger partial charge < -0.3 is 4.90 Å². The second-order valence-corrected chi connectivity index (χ2v) is 12.2. The van der Waals surface area contributed by atoms with Gasteiger partial charge in [0.15, 0.2) is 5.13 Å². The van der Waals surface area contributed by atoms with E-state index in [2.05, 4.69) is 4.90 Å². The van der Waals surface area contributed by atoms with E-state index < -0.39 is 10.0 Å². The average Bonchev–Trinajstić information content (AvgIpc) is 3.47. The number of carbonyl (C=O) groups excluding carboxylic acids is 1. The molecule has 1 amide bonds. The smallest absolute Gasteiger partial charge is 0.260 e. The third-order valence-corrected chi connectivity index (χ3v) is 9.06. The minimum atomic E-state index is -3.52. The summed E-state index contributed by atoms with van der Waals surface area (Å²) < 4.78 is 28.1. The predicted octanol–water partition coefficient (Wildman–Crippen LogP) is 4.64. The van der Waals surface area contributed by atoms with Crippen LogP contribution in [0.1, 0.15) is 35.2 Å². The normalized spacial score (nSPS) is 14.9. The number of halogens is 1. The summed E-state index contributed by atoms with van der Waals surface area (Å²) in [5, 5.41) is 1.25. The van der Waals surface area contributed by atoms with Crippen molar-refractivity contribution >= 4 is 54.2 Å². The number of aromatic nitrogens is 1. The van der Waals surface area contributed by atoms with Crippen LogP contribution in [0.5, 0.6) is 0 Å². The molecule has 34 heavy (non-hydrogen) atoms. The number of sulfonamides is 1. The van der Waals surface area contributed by atoms with E-state index in [9.17, 15) is 13.2 Å². The maximum Gasteiger partial charge on any atom is 0.260 e. The van der Waals surface area contributed by atoms with Gasteiger partial charge in [-0.05, 0) is 88.8 Å². The minimum Gasteiger partial charge on any atom is -0.309 e. The Balaban J connectivity index is 1.63. The number of hydrogen-bond donors (Lipinski definition) is 0. The first-order valence-corrected chi connectivity index (χ1v) is 13.9. The summed E-state index contributed by atoms with van der Waals surface area (Å²) in [5.41, 5.74) is 2.23. The van der Waals surface area contributed by atoms with E-state index >= 15 is 0 Å². The number of aryl methyl sites for hydroxylation is 1. The summed E-state index contributed by atoms with van der Waals surface area (Å²) in [6.45, 7) is 4.37. The molecule has 0 unspecified atom stereocenters. The zero-order chi connectivity index (χ0) is 24.5. The first kappa shape index (κ1) is 25.1. The lowest BCUT2D eigenvalue weighted by Crippen LogP contribution is -2.33. The SMILES string of the molecule is Cc1cc(Cl)cc2sc(N(CCCN(C)C)C(=O)c3ccc(S(=O)(=O)N4CCCC4)cc3)nc12. The zero-order valence-electron chi connectivity index (χ0n) is 19.6. The lowest BCUT2D eigenvalue weighted by Gasteiger charge is -2.21. The molecule has 182 valence electrons. The monoisotopic (exact) mass is 520 g/mol. The molecule has 1 aliphatic heterocycles. The van der Waals surface area contributed by atoms with Gasteiger partial charge in [0.25, 0.3) is 5.91 Å². The van der Waals surface area contributed by atoms with Crippen molar-refractivity contribution in [1.82, 2.24) is 14.2 Å². The molecule has 1 saturated heterocycles. The van der Waals surface area contributed by atoms with Crippen LogP contribution in [-0.2, 0) is 10.0 Å². The van der Waals surface area contributed by atoms with Gasteiger partial charge in [-0.1, -0.05) is 22.9 Å². The van der Waals surface area contributed by atoms with E-state index in [1.165, 1.54) is 27.8 Å². The van der Waals surface area contributed by atoms with Gasteiger partial charge >= 0.3 is 0 Å². The molecule has 1 fully saturated rings. The number of nitrogens with zero attached hydrogens (tertiary/aromatic N) is 4. The fraction of sp³-hybridized carbons (Fsp3) is 0.417. The van der Waals surface area contributed by atoms with Gasteiger partial charge in [-0.3, -0.25) is 9.69 Å². The Morgan fingerprint density at radius 1 is 1.12 bits per heavy atom. The molecule has 3 aromatic rings. The number of hydrogen-bond acceptors (Lipinski definition) is 6. The van der Waals surface area contributed by atoms with Gasteiger partial charge in [-0.2, -0.15) is 4.31 Å². The molecule has 4 rings (SSSR count). The number of fused-ring (bicyclic) bond motifs is 1. The molecule has 7 nitrogen and oxygen atoms in total. The number of amides is 1. The fourth-order valence-electron chi connectivity index (χ4n) is 4.09. The van der Waals surface area contributed by atoms with Crippen LogP contribution in [0, 0.1) is 6.92 Å². The van der Waals surface area contributed by atoms with Crippen LogP contribution in [0.3, 0.4) is 0 Å². The number of carbonyl (C=O) groups is 1. The highest BCUT2D eigenvalue weighted by molar-refractivity contribution is 7.89. The standard InChI is InChI=1S/C24H29ClN4O3S2/c1-17-15-19(25)16-21-22(17)26-24(33-21)29(14-6-11-27(2)3)23(30)18-7-9-20(10-8-18)34(31,32)28-12-4-5-13-28/h7-10,15-16H,4-6,11-14H2,1-3H3. The number of anilines is 1. The van der Waals surface area contributed by atoms with E-state index in [-0.39, 0.29) is 10.8 Å². The Morgan fingerprint density at radius 2 is 1.79 bits per heavy atom. The van der Waals surface area contributed by atoms with Crippen LogP contribution >= 0.6 is 22.9 Å². The highest BCUT2D eigenvalue weighted by Crippen LogP contribution is 2.34. The van der Waals surface area contributed by atoms with Crippen LogP contribution in [0.15, 0.2) is 41.3 Å². The first-order chi connectivity index (χ1) is 16.2. The predicted molar refractivity (Wildman–Crippen MR) is 139 cm³/mol. The minimum absolute atomic E-state index is 0.202. The molecule has 0 spiro atoms. The van der Waals surface area contributed by atoms with Crippen LogP contribution in [-0.4, -0.2) is 68.8 Å². The van der Waals surface area contributed by atoms with Crippen LogP contribution < -0.4 is 4.90 Å². The lowest BCUT2D eigenvalue weighted by atomic mass is 10.2. The molecule has 0 bridgehead atoms. The zero-order valence-corrected chi connectivity index (χ0v) is 22.0. The molecule has 2 heterocycles. The Hall–Kier alpha value is -2.04. The van der Waals surface area contributed by atoms with Crippen molar-refractivity contribution in [3.05, 3.63) is 52.5 Å². The van der Waals surface area contributed by atoms with Crippen molar-refractivity contribution in [1.29, 1.82) is 0 Å². The summed E-state index contributed by atoms with van der Waals surface area (Å²) in [6, 6.07) is 9.98. The van der Waals surface area contributed by atoms with E-state index in [1.807, 2.05) is 33.2 Å². The summed E-state index contributed by atoms with van der Waals surface area (Å²) >= 11 is 7.66. The molecular weight excluding hydrogens is 492 g/mol. The maximum atomic E-state index is 13.6. The summed E-state index contributed by atoms with van der Waals surface area (Å²) in [7, 11) is 0.466. The highest BCUT2D eigenvalue weighted by Gasteiger charge is 2.28. The van der Waals surface area contributed by atoms with Gasteiger partial charge in [0, 0.05) is 30.2 Å². The molecule has 1 aromatic heterocycles. The average molecular weight is 521 g/mol. The topological polar surface area (TPSA) is 73.8 Å². The number of thiazole rings is 1. The molecule has 0 atom stereocenters. The fourth-order valence-corrected chi connectivity index (χ4v) is 7.05. The van der Waals surface area contributed by atoms with Crippen molar-refractivity contribution in [3.63, 3.8) is 0 Å². The van der Waals surface area contributed by atoms with Gasteiger partial charge in [-0.15, -0.1) is 0 Å². The molecule has 0 aliphatic carbocycles. The van der Waals surface area contributed by atoms with E-state index in [4.69, 9.17) is 16.6 Å². The van der Waals surface area contributed by atoms with Gasteiger partial charge in [0.1, 0.15) is 0 Å². The first-order valence-electron chi connectivity index (χ1n) is 11.3. The van der Waals surface area contributed by atoms with Crippen molar-refractivity contribution in [3.8, 4) is 0 Å². The second kappa shape index (κ2) is 10.3. The largest absolute Gasteiger partial charge is 0.309 e. The summed E-state index contributed by atoms with van der Waals surface area (Å²) in [4.78, 5) is 22.3. The Labute approximate surface area is 210 Å². The van der Waals surface area contributed by atoms with Crippen molar-refractivity contribution in [2.45, 2.75) is 31.1 Å². The molecule has 0 N–H and O–H groups in total. The number of rotatable bonds is 8. The van der Waals surface area contributed by atoms with Gasteiger partial charge in [0.05, 0.1) is 15.1 Å². The Bertz CT molecular complexity index is 1280. The Morgan fingerprint density at radius 3 is 2.44 bits per heavy atom. The third-order valence-electron chi connectivity index (χ3n) is 5.91. The van der Waals surface area contributed by atoms with E-state index in [0.717, 1.165) is 41.6 Å². The quantitative estimate of drug-likeness (QED) is 0.432. The Kier molecular flexibility index (Phi) is 7.59. The molecule has 1 aliphatic rings. The number of benzene rings is 2. The van der Waals surface area contributed by atoms with Gasteiger partial charge in [0.2, 0.25) is 10.0 Å². The van der Waals surface area contributed by atoms with E-state index in [1.54, 1.807) is 17.0 Å². The maximum absolute atomic E-state index is 13.6. The van der Waals surface area contributed by atoms with Crippen LogP contribution in [0.25, 0.3) is 10.2 Å². The summed E-state index contributed by atoms with van der Waals surface area (Å²) in [5.74, 6) is -0.202. The van der Waals surface area contributed by atoms with Gasteiger partial charge in [-0.25, -0.2) is 13.4 Å².